The van der Waals surface area contributed by atoms with Crippen LogP contribution in [0.15, 0.2) is 30.3 Å². The first-order valence-corrected chi connectivity index (χ1v) is 6.66. The number of ether oxygens (including phenoxy) is 1. The SMILES string of the molecule is COc1cccc(C(=O)Nc2cc(C3CC3)nn2C)c1. The van der Waals surface area contributed by atoms with Gasteiger partial charge in [0.25, 0.3) is 5.91 Å². The molecule has 104 valence electrons. The Morgan fingerprint density at radius 2 is 2.20 bits per heavy atom. The van der Waals surface area contributed by atoms with Gasteiger partial charge in [0, 0.05) is 24.6 Å². The highest BCUT2D eigenvalue weighted by atomic mass is 16.5. The molecule has 1 aliphatic carbocycles. The van der Waals surface area contributed by atoms with Gasteiger partial charge in [0.2, 0.25) is 0 Å². The second-order valence-electron chi connectivity index (χ2n) is 5.04. The van der Waals surface area contributed by atoms with E-state index in [1.165, 1.54) is 12.8 Å². The summed E-state index contributed by atoms with van der Waals surface area (Å²) >= 11 is 0. The van der Waals surface area contributed by atoms with Gasteiger partial charge in [0.05, 0.1) is 12.8 Å². The smallest absolute Gasteiger partial charge is 0.256 e. The van der Waals surface area contributed by atoms with Crippen LogP contribution in [0.1, 0.15) is 34.8 Å². The molecule has 20 heavy (non-hydrogen) atoms. The molecule has 0 atom stereocenters. The van der Waals surface area contributed by atoms with Gasteiger partial charge in [-0.05, 0) is 31.0 Å². The minimum Gasteiger partial charge on any atom is -0.497 e. The average Bonchev–Trinajstić information content (AvgIpc) is 3.25. The van der Waals surface area contributed by atoms with E-state index in [1.807, 2.05) is 19.2 Å². The fourth-order valence-electron chi connectivity index (χ4n) is 2.14. The predicted molar refractivity (Wildman–Crippen MR) is 76.1 cm³/mol. The summed E-state index contributed by atoms with van der Waals surface area (Å²) in [5.74, 6) is 1.80. The number of nitrogens with zero attached hydrogens (tertiary/aromatic N) is 2. The Balaban J connectivity index is 1.77. The summed E-state index contributed by atoms with van der Waals surface area (Å²) in [6, 6.07) is 9.04. The number of rotatable bonds is 4. The Kier molecular flexibility index (Phi) is 3.18. The molecule has 0 unspecified atom stereocenters. The van der Waals surface area contributed by atoms with Crippen molar-refractivity contribution in [2.24, 2.45) is 7.05 Å². The second-order valence-corrected chi connectivity index (χ2v) is 5.04. The fraction of sp³-hybridized carbons (Fsp3) is 0.333. The molecule has 0 bridgehead atoms. The van der Waals surface area contributed by atoms with E-state index in [2.05, 4.69) is 10.4 Å². The van der Waals surface area contributed by atoms with Crippen LogP contribution in [0.25, 0.3) is 0 Å². The van der Waals surface area contributed by atoms with Crippen LogP contribution in [0.4, 0.5) is 5.82 Å². The van der Waals surface area contributed by atoms with Gasteiger partial charge in [0.1, 0.15) is 11.6 Å². The number of carbonyl (C=O) groups excluding carboxylic acids is 1. The Hall–Kier alpha value is -2.30. The van der Waals surface area contributed by atoms with Crippen molar-refractivity contribution in [1.82, 2.24) is 9.78 Å². The number of benzene rings is 1. The Morgan fingerprint density at radius 3 is 2.90 bits per heavy atom. The van der Waals surface area contributed by atoms with Crippen molar-refractivity contribution >= 4 is 11.7 Å². The number of aromatic nitrogens is 2. The van der Waals surface area contributed by atoms with E-state index >= 15 is 0 Å². The molecule has 1 saturated carbocycles. The van der Waals surface area contributed by atoms with Crippen molar-refractivity contribution in [3.05, 3.63) is 41.6 Å². The third kappa shape index (κ3) is 2.52. The molecule has 1 heterocycles. The molecule has 1 aromatic carbocycles. The van der Waals surface area contributed by atoms with E-state index in [-0.39, 0.29) is 5.91 Å². The molecule has 0 saturated heterocycles. The van der Waals surface area contributed by atoms with E-state index < -0.39 is 0 Å². The maximum absolute atomic E-state index is 12.2. The van der Waals surface area contributed by atoms with Gasteiger partial charge in [-0.15, -0.1) is 0 Å². The molecule has 0 radical (unpaired) electrons. The van der Waals surface area contributed by atoms with E-state index in [9.17, 15) is 4.79 Å². The van der Waals surface area contributed by atoms with Crippen molar-refractivity contribution in [2.45, 2.75) is 18.8 Å². The molecule has 1 N–H and O–H groups in total. The van der Waals surface area contributed by atoms with Crippen LogP contribution >= 0.6 is 0 Å². The number of amides is 1. The molecular formula is C15H17N3O2. The minimum atomic E-state index is -0.158. The lowest BCUT2D eigenvalue weighted by atomic mass is 10.2. The van der Waals surface area contributed by atoms with Gasteiger partial charge < -0.3 is 10.1 Å². The summed E-state index contributed by atoms with van der Waals surface area (Å²) in [4.78, 5) is 12.2. The third-order valence-corrected chi connectivity index (χ3v) is 3.47. The molecule has 1 aliphatic rings. The fourth-order valence-corrected chi connectivity index (χ4v) is 2.14. The number of hydrogen-bond acceptors (Lipinski definition) is 3. The normalized spacial score (nSPS) is 14.1. The first-order valence-electron chi connectivity index (χ1n) is 6.66. The first-order chi connectivity index (χ1) is 9.67. The number of anilines is 1. The monoisotopic (exact) mass is 271 g/mol. The summed E-state index contributed by atoms with van der Waals surface area (Å²) in [5.41, 5.74) is 1.63. The van der Waals surface area contributed by atoms with Crippen molar-refractivity contribution in [2.75, 3.05) is 12.4 Å². The molecule has 0 aliphatic heterocycles. The summed E-state index contributed by atoms with van der Waals surface area (Å²) in [5, 5.41) is 7.32. The topological polar surface area (TPSA) is 56.1 Å². The molecule has 1 amide bonds. The number of aryl methyl sites for hydroxylation is 1. The summed E-state index contributed by atoms with van der Waals surface area (Å²) in [6.45, 7) is 0. The molecule has 0 spiro atoms. The van der Waals surface area contributed by atoms with E-state index in [0.717, 1.165) is 11.5 Å². The Bertz CT molecular complexity index is 644. The highest BCUT2D eigenvalue weighted by molar-refractivity contribution is 6.04. The number of carbonyl (C=O) groups is 1. The maximum Gasteiger partial charge on any atom is 0.256 e. The average molecular weight is 271 g/mol. The lowest BCUT2D eigenvalue weighted by molar-refractivity contribution is 0.102. The van der Waals surface area contributed by atoms with E-state index in [4.69, 9.17) is 4.74 Å². The lowest BCUT2D eigenvalue weighted by Gasteiger charge is -2.06. The molecule has 5 heteroatoms. The standard InChI is InChI=1S/C15H17N3O2/c1-18-14(9-13(17-18)10-6-7-10)16-15(19)11-4-3-5-12(8-11)20-2/h3-5,8-10H,6-7H2,1-2H3,(H,16,19). The van der Waals surface area contributed by atoms with Crippen LogP contribution in [-0.2, 0) is 7.05 Å². The number of hydrogen-bond donors (Lipinski definition) is 1. The van der Waals surface area contributed by atoms with Crippen molar-refractivity contribution in [3.8, 4) is 5.75 Å². The lowest BCUT2D eigenvalue weighted by Crippen LogP contribution is -2.14. The van der Waals surface area contributed by atoms with Gasteiger partial charge in [0.15, 0.2) is 0 Å². The van der Waals surface area contributed by atoms with Gasteiger partial charge in [-0.3, -0.25) is 9.48 Å². The largest absolute Gasteiger partial charge is 0.497 e. The zero-order chi connectivity index (χ0) is 14.1. The van der Waals surface area contributed by atoms with Gasteiger partial charge >= 0.3 is 0 Å². The second kappa shape index (κ2) is 5.00. The summed E-state index contributed by atoms with van der Waals surface area (Å²) in [6.07, 6.45) is 2.39. The Morgan fingerprint density at radius 1 is 1.40 bits per heavy atom. The maximum atomic E-state index is 12.2. The minimum absolute atomic E-state index is 0.158. The van der Waals surface area contributed by atoms with E-state index in [1.54, 1.807) is 30.0 Å². The quantitative estimate of drug-likeness (QED) is 0.929. The highest BCUT2D eigenvalue weighted by Gasteiger charge is 2.27. The molecular weight excluding hydrogens is 254 g/mol. The van der Waals surface area contributed by atoms with Crippen molar-refractivity contribution < 1.29 is 9.53 Å². The van der Waals surface area contributed by atoms with Crippen LogP contribution in [0.5, 0.6) is 5.75 Å². The highest BCUT2D eigenvalue weighted by Crippen LogP contribution is 2.39. The van der Waals surface area contributed by atoms with Crippen molar-refractivity contribution in [1.29, 1.82) is 0 Å². The van der Waals surface area contributed by atoms with Crippen LogP contribution in [0, 0.1) is 0 Å². The van der Waals surface area contributed by atoms with Crippen LogP contribution in [0.2, 0.25) is 0 Å². The van der Waals surface area contributed by atoms with E-state index in [0.29, 0.717) is 17.2 Å². The van der Waals surface area contributed by atoms with Crippen LogP contribution in [-0.4, -0.2) is 22.8 Å². The van der Waals surface area contributed by atoms with Crippen LogP contribution in [0.3, 0.4) is 0 Å². The zero-order valence-electron chi connectivity index (χ0n) is 11.6. The molecule has 1 aromatic heterocycles. The zero-order valence-corrected chi connectivity index (χ0v) is 11.6. The first kappa shape index (κ1) is 12.7. The molecule has 1 fully saturated rings. The third-order valence-electron chi connectivity index (χ3n) is 3.47. The van der Waals surface area contributed by atoms with Gasteiger partial charge in [-0.2, -0.15) is 5.10 Å². The number of nitrogens with one attached hydrogen (secondary N) is 1. The van der Waals surface area contributed by atoms with Crippen LogP contribution < -0.4 is 10.1 Å². The Labute approximate surface area is 117 Å². The van der Waals surface area contributed by atoms with Gasteiger partial charge in [-0.1, -0.05) is 6.07 Å². The number of methoxy groups -OCH3 is 1. The van der Waals surface area contributed by atoms with Crippen molar-refractivity contribution in [3.63, 3.8) is 0 Å². The predicted octanol–water partition coefficient (Wildman–Crippen LogP) is 2.56. The van der Waals surface area contributed by atoms with Gasteiger partial charge in [-0.25, -0.2) is 0 Å². The molecule has 3 rings (SSSR count). The molecule has 2 aromatic rings. The summed E-state index contributed by atoms with van der Waals surface area (Å²) in [7, 11) is 3.42. The summed E-state index contributed by atoms with van der Waals surface area (Å²) < 4.78 is 6.84. The molecule has 5 nitrogen and oxygen atoms in total.